The van der Waals surface area contributed by atoms with Crippen molar-refractivity contribution in [1.29, 1.82) is 0 Å². The maximum Gasteiger partial charge on any atom is 0.114 e. The van der Waals surface area contributed by atoms with Crippen LogP contribution in [0.1, 0.15) is 58.3 Å². The Morgan fingerprint density at radius 3 is 2.48 bits per heavy atom. The SMILES string of the molecule is CCCCCC/C=C/CCCCO[C@H]1[C@@H]([C@H](O)CO)OC[C@@H]1O. The van der Waals surface area contributed by atoms with Gasteiger partial charge in [-0.05, 0) is 32.1 Å². The lowest BCUT2D eigenvalue weighted by Gasteiger charge is -2.23. The lowest BCUT2D eigenvalue weighted by atomic mass is 10.1. The molecule has 0 amide bonds. The third-order valence-electron chi connectivity index (χ3n) is 4.20. The lowest BCUT2D eigenvalue weighted by Crippen LogP contribution is -2.42. The molecule has 0 aromatic heterocycles. The van der Waals surface area contributed by atoms with Gasteiger partial charge in [0.1, 0.15) is 24.4 Å². The summed E-state index contributed by atoms with van der Waals surface area (Å²) in [5.41, 5.74) is 0. The van der Waals surface area contributed by atoms with E-state index in [1.807, 2.05) is 0 Å². The Labute approximate surface area is 140 Å². The van der Waals surface area contributed by atoms with Gasteiger partial charge in [0.25, 0.3) is 0 Å². The quantitative estimate of drug-likeness (QED) is 0.356. The van der Waals surface area contributed by atoms with Gasteiger partial charge in [-0.3, -0.25) is 0 Å². The van der Waals surface area contributed by atoms with E-state index < -0.39 is 24.4 Å². The fourth-order valence-corrected chi connectivity index (χ4v) is 2.77. The summed E-state index contributed by atoms with van der Waals surface area (Å²) in [5, 5.41) is 28.4. The lowest BCUT2D eigenvalue weighted by molar-refractivity contribution is -0.0937. The summed E-state index contributed by atoms with van der Waals surface area (Å²) in [7, 11) is 0. The Morgan fingerprint density at radius 1 is 1.13 bits per heavy atom. The van der Waals surface area contributed by atoms with Crippen molar-refractivity contribution in [2.75, 3.05) is 19.8 Å². The zero-order chi connectivity index (χ0) is 16.9. The van der Waals surface area contributed by atoms with Crippen LogP contribution in [0.4, 0.5) is 0 Å². The van der Waals surface area contributed by atoms with E-state index in [1.165, 1.54) is 32.1 Å². The molecule has 1 aliphatic rings. The second-order valence-corrected chi connectivity index (χ2v) is 6.27. The second-order valence-electron chi connectivity index (χ2n) is 6.27. The highest BCUT2D eigenvalue weighted by Crippen LogP contribution is 2.21. The normalized spacial score (nSPS) is 26.2. The molecule has 3 N–H and O–H groups in total. The molecule has 4 atom stereocenters. The van der Waals surface area contributed by atoms with Gasteiger partial charge in [-0.15, -0.1) is 0 Å². The summed E-state index contributed by atoms with van der Waals surface area (Å²) >= 11 is 0. The van der Waals surface area contributed by atoms with Crippen molar-refractivity contribution in [1.82, 2.24) is 0 Å². The zero-order valence-corrected chi connectivity index (χ0v) is 14.4. The van der Waals surface area contributed by atoms with Crippen molar-refractivity contribution in [3.05, 3.63) is 12.2 Å². The number of hydrogen-bond donors (Lipinski definition) is 3. The highest BCUT2D eigenvalue weighted by molar-refractivity contribution is 4.89. The number of rotatable bonds is 13. The minimum atomic E-state index is -1.01. The molecule has 0 spiro atoms. The highest BCUT2D eigenvalue weighted by Gasteiger charge is 2.40. The van der Waals surface area contributed by atoms with Crippen LogP contribution in [-0.2, 0) is 9.47 Å². The minimum absolute atomic E-state index is 0.146. The third kappa shape index (κ3) is 8.27. The summed E-state index contributed by atoms with van der Waals surface area (Å²) in [6.45, 7) is 2.51. The van der Waals surface area contributed by atoms with Gasteiger partial charge in [-0.1, -0.05) is 38.3 Å². The molecule has 0 aliphatic carbocycles. The van der Waals surface area contributed by atoms with Crippen molar-refractivity contribution < 1.29 is 24.8 Å². The van der Waals surface area contributed by atoms with Gasteiger partial charge in [0.15, 0.2) is 0 Å². The second kappa shape index (κ2) is 12.9. The van der Waals surface area contributed by atoms with E-state index in [0.29, 0.717) is 6.61 Å². The first-order valence-electron chi connectivity index (χ1n) is 9.05. The van der Waals surface area contributed by atoms with Crippen LogP contribution >= 0.6 is 0 Å². The van der Waals surface area contributed by atoms with Gasteiger partial charge in [0.05, 0.1) is 13.2 Å². The highest BCUT2D eigenvalue weighted by atomic mass is 16.6. The Hall–Kier alpha value is -0.460. The first kappa shape index (κ1) is 20.6. The summed E-state index contributed by atoms with van der Waals surface area (Å²) in [6.07, 6.45) is 10.9. The molecule has 0 bridgehead atoms. The summed E-state index contributed by atoms with van der Waals surface area (Å²) in [6, 6.07) is 0. The fourth-order valence-electron chi connectivity index (χ4n) is 2.77. The molecule has 1 aliphatic heterocycles. The van der Waals surface area contributed by atoms with Gasteiger partial charge >= 0.3 is 0 Å². The molecule has 5 nitrogen and oxygen atoms in total. The van der Waals surface area contributed by atoms with E-state index in [0.717, 1.165) is 19.3 Å². The molecule has 0 saturated carbocycles. The van der Waals surface area contributed by atoms with E-state index in [9.17, 15) is 10.2 Å². The predicted octanol–water partition coefficient (Wildman–Crippen LogP) is 2.18. The van der Waals surface area contributed by atoms with E-state index >= 15 is 0 Å². The molecule has 23 heavy (non-hydrogen) atoms. The standard InChI is InChI=1S/C18H34O5/c1-2-3-4-5-6-7-8-9-10-11-12-22-18-16(21)14-23-17(18)15(20)13-19/h7-8,15-21H,2-6,9-14H2,1H3/b8-7+/t15-,16+,17-,18-/m1/s1. The summed E-state index contributed by atoms with van der Waals surface area (Å²) in [4.78, 5) is 0. The Bertz CT molecular complexity index is 308. The fraction of sp³-hybridized carbons (Fsp3) is 0.889. The van der Waals surface area contributed by atoms with E-state index in [-0.39, 0.29) is 13.2 Å². The topological polar surface area (TPSA) is 79.2 Å². The molecule has 5 heteroatoms. The largest absolute Gasteiger partial charge is 0.394 e. The molecule has 1 rings (SSSR count). The van der Waals surface area contributed by atoms with Gasteiger partial charge in [-0.25, -0.2) is 0 Å². The maximum atomic E-state index is 9.81. The van der Waals surface area contributed by atoms with Gasteiger partial charge in [0, 0.05) is 6.61 Å². The van der Waals surface area contributed by atoms with Crippen LogP contribution in [0.3, 0.4) is 0 Å². The average molecular weight is 330 g/mol. The molecule has 136 valence electrons. The van der Waals surface area contributed by atoms with Crippen LogP contribution in [-0.4, -0.2) is 59.6 Å². The molecule has 1 fully saturated rings. The van der Waals surface area contributed by atoms with Crippen LogP contribution in [0.25, 0.3) is 0 Å². The molecule has 1 saturated heterocycles. The third-order valence-corrected chi connectivity index (χ3v) is 4.20. The smallest absolute Gasteiger partial charge is 0.114 e. The van der Waals surface area contributed by atoms with Crippen molar-refractivity contribution >= 4 is 0 Å². The van der Waals surface area contributed by atoms with Gasteiger partial charge in [0.2, 0.25) is 0 Å². The van der Waals surface area contributed by atoms with E-state index in [4.69, 9.17) is 14.6 Å². The van der Waals surface area contributed by atoms with Crippen LogP contribution in [0.2, 0.25) is 0 Å². The van der Waals surface area contributed by atoms with E-state index in [1.54, 1.807) is 0 Å². The number of hydrogen-bond acceptors (Lipinski definition) is 5. The van der Waals surface area contributed by atoms with Crippen molar-refractivity contribution in [2.45, 2.75) is 82.7 Å². The van der Waals surface area contributed by atoms with E-state index in [2.05, 4.69) is 19.1 Å². The molecular weight excluding hydrogens is 296 g/mol. The minimum Gasteiger partial charge on any atom is -0.394 e. The summed E-state index contributed by atoms with van der Waals surface area (Å²) in [5.74, 6) is 0. The van der Waals surface area contributed by atoms with Crippen molar-refractivity contribution in [3.8, 4) is 0 Å². The summed E-state index contributed by atoms with van der Waals surface area (Å²) < 4.78 is 10.9. The zero-order valence-electron chi connectivity index (χ0n) is 14.4. The monoisotopic (exact) mass is 330 g/mol. The Morgan fingerprint density at radius 2 is 1.83 bits per heavy atom. The molecule has 0 aromatic rings. The first-order chi connectivity index (χ1) is 11.2. The first-order valence-corrected chi connectivity index (χ1v) is 9.05. The number of allylic oxidation sites excluding steroid dienone is 2. The predicted molar refractivity (Wildman–Crippen MR) is 90.3 cm³/mol. The van der Waals surface area contributed by atoms with Crippen LogP contribution in [0.15, 0.2) is 12.2 Å². The van der Waals surface area contributed by atoms with Crippen molar-refractivity contribution in [3.63, 3.8) is 0 Å². The Kier molecular flexibility index (Phi) is 11.5. The Balaban J connectivity index is 2.04. The molecule has 1 heterocycles. The van der Waals surface area contributed by atoms with Crippen molar-refractivity contribution in [2.24, 2.45) is 0 Å². The number of aliphatic hydroxyl groups is 3. The molecule has 0 radical (unpaired) electrons. The van der Waals surface area contributed by atoms with Gasteiger partial charge < -0.3 is 24.8 Å². The number of aliphatic hydroxyl groups excluding tert-OH is 3. The molecular formula is C18H34O5. The molecule has 0 unspecified atom stereocenters. The molecule has 0 aromatic carbocycles. The van der Waals surface area contributed by atoms with Crippen LogP contribution in [0, 0.1) is 0 Å². The number of ether oxygens (including phenoxy) is 2. The maximum absolute atomic E-state index is 9.81. The number of unbranched alkanes of at least 4 members (excludes halogenated alkanes) is 6. The van der Waals surface area contributed by atoms with Gasteiger partial charge in [-0.2, -0.15) is 0 Å². The average Bonchev–Trinajstić information content (AvgIpc) is 2.93. The van der Waals surface area contributed by atoms with Crippen LogP contribution < -0.4 is 0 Å². The van der Waals surface area contributed by atoms with Crippen LogP contribution in [0.5, 0.6) is 0 Å².